The van der Waals surface area contributed by atoms with Gasteiger partial charge in [-0.1, -0.05) is 18.2 Å². The molecule has 2 nitrogen and oxygen atoms in total. The summed E-state index contributed by atoms with van der Waals surface area (Å²) in [5.41, 5.74) is 1.40. The van der Waals surface area contributed by atoms with Gasteiger partial charge in [0.2, 0.25) is 0 Å². The largest absolute Gasteiger partial charge is 0.309 e. The molecule has 1 saturated heterocycles. The molecule has 0 bridgehead atoms. The lowest BCUT2D eigenvalue weighted by Gasteiger charge is -2.21. The number of likely N-dealkylation sites (tertiary alicyclic amines) is 1. The third-order valence-electron chi connectivity index (χ3n) is 3.33. The second kappa shape index (κ2) is 6.71. The molecule has 17 heavy (non-hydrogen) atoms. The molecular weight excluding hydrogens is 323 g/mol. The summed E-state index contributed by atoms with van der Waals surface area (Å²) >= 11 is 2.41. The van der Waals surface area contributed by atoms with Gasteiger partial charge in [0.1, 0.15) is 0 Å². The van der Waals surface area contributed by atoms with Crippen LogP contribution in [0.15, 0.2) is 24.3 Å². The van der Waals surface area contributed by atoms with Gasteiger partial charge in [-0.15, -0.1) is 0 Å². The fourth-order valence-corrected chi connectivity index (χ4v) is 2.92. The first kappa shape index (κ1) is 13.3. The van der Waals surface area contributed by atoms with E-state index in [4.69, 9.17) is 0 Å². The molecule has 0 aliphatic carbocycles. The van der Waals surface area contributed by atoms with E-state index in [-0.39, 0.29) is 0 Å². The van der Waals surface area contributed by atoms with Crippen LogP contribution in [0.25, 0.3) is 0 Å². The molecule has 1 unspecified atom stereocenters. The van der Waals surface area contributed by atoms with E-state index in [1.54, 1.807) is 0 Å². The van der Waals surface area contributed by atoms with E-state index in [1.165, 1.54) is 41.6 Å². The molecule has 0 saturated carbocycles. The normalized spacial score (nSPS) is 18.5. The lowest BCUT2D eigenvalue weighted by molar-refractivity contribution is 0.298. The van der Waals surface area contributed by atoms with Gasteiger partial charge >= 0.3 is 0 Å². The van der Waals surface area contributed by atoms with E-state index in [9.17, 15) is 0 Å². The molecule has 1 aliphatic heterocycles. The number of benzene rings is 1. The average molecular weight is 344 g/mol. The third kappa shape index (κ3) is 4.23. The fraction of sp³-hybridized carbons (Fsp3) is 0.571. The van der Waals surface area contributed by atoms with Crippen molar-refractivity contribution in [2.75, 3.05) is 19.6 Å². The Balaban J connectivity index is 1.75. The monoisotopic (exact) mass is 344 g/mol. The van der Waals surface area contributed by atoms with Crippen molar-refractivity contribution in [2.24, 2.45) is 0 Å². The van der Waals surface area contributed by atoms with Crippen molar-refractivity contribution in [2.45, 2.75) is 32.4 Å². The minimum atomic E-state index is 0.573. The van der Waals surface area contributed by atoms with E-state index >= 15 is 0 Å². The van der Waals surface area contributed by atoms with E-state index in [0.29, 0.717) is 6.04 Å². The van der Waals surface area contributed by atoms with Crippen molar-refractivity contribution < 1.29 is 0 Å². The minimum absolute atomic E-state index is 0.573. The molecule has 1 N–H and O–H groups in total. The van der Waals surface area contributed by atoms with Gasteiger partial charge in [0.05, 0.1) is 0 Å². The highest BCUT2D eigenvalue weighted by Crippen LogP contribution is 2.12. The predicted molar refractivity (Wildman–Crippen MR) is 81.1 cm³/mol. The first-order chi connectivity index (χ1) is 8.25. The molecule has 1 aromatic rings. The summed E-state index contributed by atoms with van der Waals surface area (Å²) in [6.45, 7) is 7.02. The maximum Gasteiger partial charge on any atom is 0.0219 e. The summed E-state index contributed by atoms with van der Waals surface area (Å²) in [5, 5.41) is 3.62. The summed E-state index contributed by atoms with van der Waals surface area (Å²) in [5.74, 6) is 0. The van der Waals surface area contributed by atoms with Crippen LogP contribution < -0.4 is 5.32 Å². The van der Waals surface area contributed by atoms with Crippen LogP contribution in [-0.2, 0) is 6.54 Å². The number of nitrogens with zero attached hydrogens (tertiary/aromatic N) is 1. The Bertz CT molecular complexity index is 348. The summed E-state index contributed by atoms with van der Waals surface area (Å²) < 4.78 is 1.35. The summed E-state index contributed by atoms with van der Waals surface area (Å²) in [7, 11) is 0. The zero-order chi connectivity index (χ0) is 12.1. The molecule has 1 aromatic carbocycles. The van der Waals surface area contributed by atoms with Crippen molar-refractivity contribution in [3.05, 3.63) is 33.4 Å². The Hall–Kier alpha value is -0.130. The van der Waals surface area contributed by atoms with Crippen LogP contribution in [0.1, 0.15) is 25.3 Å². The minimum Gasteiger partial charge on any atom is -0.309 e. The van der Waals surface area contributed by atoms with Crippen LogP contribution in [-0.4, -0.2) is 30.6 Å². The Labute approximate surface area is 118 Å². The molecule has 1 fully saturated rings. The quantitative estimate of drug-likeness (QED) is 0.827. The Morgan fingerprint density at radius 3 is 2.71 bits per heavy atom. The Morgan fingerprint density at radius 2 is 2.00 bits per heavy atom. The molecule has 3 heteroatoms. The lowest BCUT2D eigenvalue weighted by Crippen LogP contribution is -2.37. The average Bonchev–Trinajstić information content (AvgIpc) is 2.81. The number of rotatable bonds is 5. The van der Waals surface area contributed by atoms with Crippen LogP contribution in [0.3, 0.4) is 0 Å². The van der Waals surface area contributed by atoms with E-state index < -0.39 is 0 Å². The number of nitrogens with one attached hydrogen (secondary N) is 1. The summed E-state index contributed by atoms with van der Waals surface area (Å²) in [6, 6.07) is 9.16. The standard InChI is InChI=1S/C14H21IN2/c1-12(11-17-8-4-5-9-17)16-10-13-6-2-3-7-14(13)15/h2-3,6-7,12,16H,4-5,8-11H2,1H3. The number of halogens is 1. The molecule has 1 heterocycles. The maximum atomic E-state index is 3.62. The van der Waals surface area contributed by atoms with Crippen molar-refractivity contribution in [3.63, 3.8) is 0 Å². The smallest absolute Gasteiger partial charge is 0.0219 e. The highest BCUT2D eigenvalue weighted by atomic mass is 127. The maximum absolute atomic E-state index is 3.62. The van der Waals surface area contributed by atoms with Crippen LogP contribution in [0.5, 0.6) is 0 Å². The van der Waals surface area contributed by atoms with E-state index in [1.807, 2.05) is 0 Å². The molecule has 0 aromatic heterocycles. The Morgan fingerprint density at radius 1 is 1.29 bits per heavy atom. The number of hydrogen-bond acceptors (Lipinski definition) is 2. The van der Waals surface area contributed by atoms with Crippen molar-refractivity contribution >= 4 is 22.6 Å². The molecule has 94 valence electrons. The molecule has 0 spiro atoms. The van der Waals surface area contributed by atoms with Crippen LogP contribution in [0, 0.1) is 3.57 Å². The van der Waals surface area contributed by atoms with E-state index in [2.05, 4.69) is 64.0 Å². The molecule has 1 aliphatic rings. The second-order valence-corrected chi connectivity index (χ2v) is 6.04. The fourth-order valence-electron chi connectivity index (χ4n) is 2.34. The molecular formula is C14H21IN2. The Kier molecular flexibility index (Phi) is 5.25. The highest BCUT2D eigenvalue weighted by molar-refractivity contribution is 14.1. The SMILES string of the molecule is CC(CN1CCCC1)NCc1ccccc1I. The van der Waals surface area contributed by atoms with Crippen molar-refractivity contribution in [3.8, 4) is 0 Å². The first-order valence-corrected chi connectivity index (χ1v) is 7.53. The summed E-state index contributed by atoms with van der Waals surface area (Å²) in [6.07, 6.45) is 2.76. The van der Waals surface area contributed by atoms with Crippen LogP contribution in [0.2, 0.25) is 0 Å². The third-order valence-corrected chi connectivity index (χ3v) is 4.38. The van der Waals surface area contributed by atoms with Gasteiger partial charge in [-0.2, -0.15) is 0 Å². The van der Waals surface area contributed by atoms with Gasteiger partial charge in [-0.3, -0.25) is 0 Å². The van der Waals surface area contributed by atoms with Gasteiger partial charge in [-0.05, 0) is 67.1 Å². The zero-order valence-corrected chi connectivity index (χ0v) is 12.6. The lowest BCUT2D eigenvalue weighted by atomic mass is 10.2. The van der Waals surface area contributed by atoms with E-state index in [0.717, 1.165) is 6.54 Å². The number of hydrogen-bond donors (Lipinski definition) is 1. The molecule has 1 atom stereocenters. The van der Waals surface area contributed by atoms with Gasteiger partial charge < -0.3 is 10.2 Å². The van der Waals surface area contributed by atoms with Gasteiger partial charge in [-0.25, -0.2) is 0 Å². The predicted octanol–water partition coefficient (Wildman–Crippen LogP) is 2.87. The van der Waals surface area contributed by atoms with Gasteiger partial charge in [0, 0.05) is 22.7 Å². The topological polar surface area (TPSA) is 15.3 Å². The molecule has 0 amide bonds. The van der Waals surface area contributed by atoms with Gasteiger partial charge in [0.15, 0.2) is 0 Å². The van der Waals surface area contributed by atoms with Crippen molar-refractivity contribution in [1.29, 1.82) is 0 Å². The molecule has 2 rings (SSSR count). The van der Waals surface area contributed by atoms with Crippen molar-refractivity contribution in [1.82, 2.24) is 10.2 Å². The van der Waals surface area contributed by atoms with Crippen LogP contribution >= 0.6 is 22.6 Å². The summed E-state index contributed by atoms with van der Waals surface area (Å²) in [4.78, 5) is 2.56. The first-order valence-electron chi connectivity index (χ1n) is 6.45. The highest BCUT2D eigenvalue weighted by Gasteiger charge is 2.14. The zero-order valence-electron chi connectivity index (χ0n) is 10.5. The van der Waals surface area contributed by atoms with Gasteiger partial charge in [0.25, 0.3) is 0 Å². The second-order valence-electron chi connectivity index (χ2n) is 4.88. The van der Waals surface area contributed by atoms with Crippen LogP contribution in [0.4, 0.5) is 0 Å². The molecule has 0 radical (unpaired) electrons.